The average Bonchev–Trinajstić information content (AvgIpc) is 3.09. The SMILES string of the molecule is O=C(Nc1nnc(-c2ccncc2)s1)c1ccc(Br)s1. The van der Waals surface area contributed by atoms with Crippen molar-refractivity contribution >= 4 is 49.6 Å². The number of carbonyl (C=O) groups is 1. The highest BCUT2D eigenvalue weighted by Crippen LogP contribution is 2.27. The predicted octanol–water partition coefficient (Wildman–Crippen LogP) is 3.68. The largest absolute Gasteiger partial charge is 0.296 e. The van der Waals surface area contributed by atoms with Crippen LogP contribution >= 0.6 is 38.6 Å². The van der Waals surface area contributed by atoms with Crippen LogP contribution in [0.3, 0.4) is 0 Å². The lowest BCUT2D eigenvalue weighted by Gasteiger charge is -1.96. The standard InChI is InChI=1S/C12H7BrN4OS2/c13-9-2-1-8(19-9)10(18)15-12-17-16-11(20-12)7-3-5-14-6-4-7/h1-6H,(H,15,17,18). The minimum atomic E-state index is -0.182. The summed E-state index contributed by atoms with van der Waals surface area (Å²) < 4.78 is 0.914. The third kappa shape index (κ3) is 2.92. The Hall–Kier alpha value is -1.64. The van der Waals surface area contributed by atoms with Crippen LogP contribution in [0.1, 0.15) is 9.67 Å². The first kappa shape index (κ1) is 13.3. The smallest absolute Gasteiger partial charge is 0.267 e. The van der Waals surface area contributed by atoms with Gasteiger partial charge in [-0.3, -0.25) is 15.1 Å². The van der Waals surface area contributed by atoms with E-state index < -0.39 is 0 Å². The summed E-state index contributed by atoms with van der Waals surface area (Å²) in [7, 11) is 0. The van der Waals surface area contributed by atoms with Crippen LogP contribution in [0.25, 0.3) is 10.6 Å². The van der Waals surface area contributed by atoms with E-state index in [0.717, 1.165) is 14.4 Å². The second-order valence-corrected chi connectivity index (χ2v) is 7.15. The van der Waals surface area contributed by atoms with Crippen molar-refractivity contribution in [3.05, 3.63) is 45.3 Å². The summed E-state index contributed by atoms with van der Waals surface area (Å²) >= 11 is 6.03. The number of nitrogens with one attached hydrogen (secondary N) is 1. The van der Waals surface area contributed by atoms with E-state index >= 15 is 0 Å². The number of aromatic nitrogens is 3. The number of thiophene rings is 1. The number of pyridine rings is 1. The summed E-state index contributed by atoms with van der Waals surface area (Å²) in [5.74, 6) is -0.182. The van der Waals surface area contributed by atoms with Crippen molar-refractivity contribution in [1.82, 2.24) is 15.2 Å². The zero-order valence-electron chi connectivity index (χ0n) is 9.91. The molecule has 0 fully saturated rings. The van der Waals surface area contributed by atoms with Crippen molar-refractivity contribution < 1.29 is 4.79 Å². The monoisotopic (exact) mass is 366 g/mol. The molecule has 5 nitrogen and oxygen atoms in total. The molecule has 1 N–H and O–H groups in total. The fraction of sp³-hybridized carbons (Fsp3) is 0. The van der Waals surface area contributed by atoms with Crippen LogP contribution in [0.4, 0.5) is 5.13 Å². The van der Waals surface area contributed by atoms with Gasteiger partial charge in [0.1, 0.15) is 5.01 Å². The van der Waals surface area contributed by atoms with E-state index in [1.807, 2.05) is 18.2 Å². The van der Waals surface area contributed by atoms with Gasteiger partial charge in [0.2, 0.25) is 5.13 Å². The minimum absolute atomic E-state index is 0.182. The molecule has 0 atom stereocenters. The molecule has 0 aliphatic heterocycles. The quantitative estimate of drug-likeness (QED) is 0.767. The fourth-order valence-electron chi connectivity index (χ4n) is 1.48. The van der Waals surface area contributed by atoms with Gasteiger partial charge in [0, 0.05) is 18.0 Å². The number of amides is 1. The summed E-state index contributed by atoms with van der Waals surface area (Å²) in [6.07, 6.45) is 3.39. The highest BCUT2D eigenvalue weighted by Gasteiger charge is 2.12. The first-order valence-corrected chi connectivity index (χ1v) is 7.95. The Balaban J connectivity index is 1.76. The molecule has 3 heterocycles. The number of hydrogen-bond donors (Lipinski definition) is 1. The van der Waals surface area contributed by atoms with Crippen LogP contribution in [0.2, 0.25) is 0 Å². The Bertz CT molecular complexity index is 741. The Morgan fingerprint density at radius 1 is 1.10 bits per heavy atom. The van der Waals surface area contributed by atoms with Crippen LogP contribution in [-0.4, -0.2) is 21.1 Å². The first-order valence-electron chi connectivity index (χ1n) is 5.53. The molecular weight excluding hydrogens is 360 g/mol. The fourth-order valence-corrected chi connectivity index (χ4v) is 3.51. The van der Waals surface area contributed by atoms with Gasteiger partial charge < -0.3 is 0 Å². The van der Waals surface area contributed by atoms with E-state index in [1.165, 1.54) is 22.7 Å². The lowest BCUT2D eigenvalue weighted by atomic mass is 10.3. The topological polar surface area (TPSA) is 67.8 Å². The first-order chi connectivity index (χ1) is 9.72. The van der Waals surface area contributed by atoms with Crippen LogP contribution in [0.15, 0.2) is 40.4 Å². The lowest BCUT2D eigenvalue weighted by molar-refractivity contribution is 0.103. The average molecular weight is 367 g/mol. The minimum Gasteiger partial charge on any atom is -0.296 e. The second kappa shape index (κ2) is 5.78. The maximum absolute atomic E-state index is 12.0. The summed E-state index contributed by atoms with van der Waals surface area (Å²) in [6, 6.07) is 7.29. The number of halogens is 1. The van der Waals surface area contributed by atoms with Gasteiger partial charge in [-0.2, -0.15) is 0 Å². The van der Waals surface area contributed by atoms with Gasteiger partial charge in [-0.1, -0.05) is 11.3 Å². The van der Waals surface area contributed by atoms with Gasteiger partial charge in [-0.15, -0.1) is 21.5 Å². The molecule has 0 radical (unpaired) electrons. The van der Waals surface area contributed by atoms with Crippen LogP contribution in [-0.2, 0) is 0 Å². The van der Waals surface area contributed by atoms with Crippen molar-refractivity contribution in [2.75, 3.05) is 5.32 Å². The van der Waals surface area contributed by atoms with Gasteiger partial charge in [0.15, 0.2) is 0 Å². The van der Waals surface area contributed by atoms with E-state index in [-0.39, 0.29) is 5.91 Å². The van der Waals surface area contributed by atoms with Gasteiger partial charge in [-0.25, -0.2) is 0 Å². The zero-order chi connectivity index (χ0) is 13.9. The maximum atomic E-state index is 12.0. The second-order valence-electron chi connectivity index (χ2n) is 3.71. The van der Waals surface area contributed by atoms with E-state index in [0.29, 0.717) is 10.0 Å². The molecule has 0 aromatic carbocycles. The number of carbonyl (C=O) groups excluding carboxylic acids is 1. The van der Waals surface area contributed by atoms with Crippen molar-refractivity contribution in [3.63, 3.8) is 0 Å². The molecule has 8 heteroatoms. The van der Waals surface area contributed by atoms with Crippen molar-refractivity contribution in [2.24, 2.45) is 0 Å². The molecule has 3 aromatic rings. The molecule has 0 bridgehead atoms. The molecule has 0 aliphatic carbocycles. The van der Waals surface area contributed by atoms with Crippen LogP contribution in [0, 0.1) is 0 Å². The lowest BCUT2D eigenvalue weighted by Crippen LogP contribution is -2.09. The number of nitrogens with zero attached hydrogens (tertiary/aromatic N) is 3. The van der Waals surface area contributed by atoms with Crippen LogP contribution in [0.5, 0.6) is 0 Å². The third-order valence-electron chi connectivity index (χ3n) is 2.37. The van der Waals surface area contributed by atoms with Crippen molar-refractivity contribution in [3.8, 4) is 10.6 Å². The Labute approximate surface area is 130 Å². The Kier molecular flexibility index (Phi) is 3.86. The molecule has 0 saturated carbocycles. The van der Waals surface area contributed by atoms with Gasteiger partial charge in [0.25, 0.3) is 5.91 Å². The van der Waals surface area contributed by atoms with Crippen LogP contribution < -0.4 is 5.32 Å². The predicted molar refractivity (Wildman–Crippen MR) is 83.1 cm³/mol. The molecule has 3 aromatic heterocycles. The summed E-state index contributed by atoms with van der Waals surface area (Å²) in [5.41, 5.74) is 0.928. The van der Waals surface area contributed by atoms with Gasteiger partial charge in [0.05, 0.1) is 8.66 Å². The highest BCUT2D eigenvalue weighted by molar-refractivity contribution is 9.11. The van der Waals surface area contributed by atoms with Crippen molar-refractivity contribution in [1.29, 1.82) is 0 Å². The molecule has 20 heavy (non-hydrogen) atoms. The van der Waals surface area contributed by atoms with E-state index in [4.69, 9.17) is 0 Å². The highest BCUT2D eigenvalue weighted by atomic mass is 79.9. The number of rotatable bonds is 3. The molecule has 0 unspecified atom stereocenters. The molecule has 0 saturated heterocycles. The Morgan fingerprint density at radius 2 is 1.90 bits per heavy atom. The summed E-state index contributed by atoms with van der Waals surface area (Å²) in [5, 5.41) is 12.0. The van der Waals surface area contributed by atoms with E-state index in [2.05, 4.69) is 36.4 Å². The molecule has 100 valence electrons. The number of anilines is 1. The summed E-state index contributed by atoms with van der Waals surface area (Å²) in [4.78, 5) is 16.6. The normalized spacial score (nSPS) is 10.4. The number of hydrogen-bond acceptors (Lipinski definition) is 6. The molecule has 0 aliphatic rings. The van der Waals surface area contributed by atoms with E-state index in [1.54, 1.807) is 18.5 Å². The maximum Gasteiger partial charge on any atom is 0.267 e. The molecule has 3 rings (SSSR count). The van der Waals surface area contributed by atoms with Crippen molar-refractivity contribution in [2.45, 2.75) is 0 Å². The Morgan fingerprint density at radius 3 is 2.60 bits per heavy atom. The molecular formula is C12H7BrN4OS2. The third-order valence-corrected chi connectivity index (χ3v) is 4.88. The van der Waals surface area contributed by atoms with Gasteiger partial charge in [-0.05, 0) is 40.2 Å². The zero-order valence-corrected chi connectivity index (χ0v) is 13.1. The molecule has 0 spiro atoms. The van der Waals surface area contributed by atoms with Gasteiger partial charge >= 0.3 is 0 Å². The summed E-state index contributed by atoms with van der Waals surface area (Å²) in [6.45, 7) is 0. The van der Waals surface area contributed by atoms with E-state index in [9.17, 15) is 4.79 Å². The molecule has 1 amide bonds.